The van der Waals surface area contributed by atoms with Gasteiger partial charge in [-0.25, -0.2) is 4.98 Å². The number of aryl methyl sites for hydroxylation is 2. The van der Waals surface area contributed by atoms with Crippen molar-refractivity contribution in [3.8, 4) is 5.88 Å². The van der Waals surface area contributed by atoms with Crippen molar-refractivity contribution in [2.24, 2.45) is 0 Å². The fraction of sp³-hybridized carbons (Fsp3) is 0.267. The van der Waals surface area contributed by atoms with E-state index in [0.29, 0.717) is 18.1 Å². The van der Waals surface area contributed by atoms with Crippen LogP contribution in [0.25, 0.3) is 11.2 Å². The molecule has 3 aromatic rings. The van der Waals surface area contributed by atoms with Gasteiger partial charge in [0.05, 0.1) is 12.1 Å². The second-order valence-corrected chi connectivity index (χ2v) is 4.50. The topological polar surface area (TPSA) is 63.7 Å². The van der Waals surface area contributed by atoms with Gasteiger partial charge >= 0.3 is 0 Å². The van der Waals surface area contributed by atoms with Gasteiger partial charge in [0.2, 0.25) is 5.88 Å². The van der Waals surface area contributed by atoms with Gasteiger partial charge in [-0.1, -0.05) is 6.07 Å². The Morgan fingerprint density at radius 3 is 2.90 bits per heavy atom. The van der Waals surface area contributed by atoms with Crippen LogP contribution >= 0.6 is 0 Å². The van der Waals surface area contributed by atoms with Crippen LogP contribution in [0.3, 0.4) is 0 Å². The average molecular weight is 268 g/mol. The fourth-order valence-corrected chi connectivity index (χ4v) is 2.08. The molecule has 0 atom stereocenters. The molecule has 3 aromatic heterocycles. The van der Waals surface area contributed by atoms with Gasteiger partial charge in [-0.05, 0) is 31.0 Å². The highest BCUT2D eigenvalue weighted by atomic mass is 16.5. The van der Waals surface area contributed by atoms with Gasteiger partial charge in [0.25, 0.3) is 0 Å². The van der Waals surface area contributed by atoms with Crippen molar-refractivity contribution in [1.82, 2.24) is 19.9 Å². The molecule has 0 aliphatic rings. The van der Waals surface area contributed by atoms with E-state index in [0.717, 1.165) is 24.2 Å². The van der Waals surface area contributed by atoms with Crippen molar-refractivity contribution in [3.63, 3.8) is 0 Å². The van der Waals surface area contributed by atoms with E-state index in [2.05, 4.69) is 26.0 Å². The van der Waals surface area contributed by atoms with Crippen LogP contribution in [0.1, 0.15) is 18.3 Å². The predicted molar refractivity (Wildman–Crippen MR) is 76.7 cm³/mol. The summed E-state index contributed by atoms with van der Waals surface area (Å²) in [6.45, 7) is 2.55. The van der Waals surface area contributed by atoms with Crippen LogP contribution in [-0.2, 0) is 12.8 Å². The number of nitrogens with zero attached hydrogens (tertiary/aromatic N) is 3. The van der Waals surface area contributed by atoms with Crippen LogP contribution in [0.5, 0.6) is 5.88 Å². The first kappa shape index (κ1) is 12.6. The SMILES string of the molecule is CCOc1ccc2[nH]c(CCc3cccnc3)nc2n1. The molecule has 3 heterocycles. The van der Waals surface area contributed by atoms with Crippen molar-refractivity contribution >= 4 is 11.2 Å². The Morgan fingerprint density at radius 1 is 1.15 bits per heavy atom. The summed E-state index contributed by atoms with van der Waals surface area (Å²) in [5.41, 5.74) is 2.85. The second kappa shape index (κ2) is 5.69. The van der Waals surface area contributed by atoms with Crippen LogP contribution in [0.15, 0.2) is 36.7 Å². The van der Waals surface area contributed by atoms with Gasteiger partial charge in [0, 0.05) is 24.9 Å². The van der Waals surface area contributed by atoms with Crippen molar-refractivity contribution < 1.29 is 4.74 Å². The normalized spacial score (nSPS) is 10.8. The maximum absolute atomic E-state index is 5.38. The molecule has 1 N–H and O–H groups in total. The number of hydrogen-bond acceptors (Lipinski definition) is 4. The smallest absolute Gasteiger partial charge is 0.215 e. The molecule has 0 aliphatic heterocycles. The first-order valence-corrected chi connectivity index (χ1v) is 6.72. The van der Waals surface area contributed by atoms with E-state index < -0.39 is 0 Å². The summed E-state index contributed by atoms with van der Waals surface area (Å²) in [5, 5.41) is 0. The third-order valence-electron chi connectivity index (χ3n) is 3.03. The van der Waals surface area contributed by atoms with Crippen molar-refractivity contribution in [3.05, 3.63) is 48.0 Å². The molecule has 0 fully saturated rings. The lowest BCUT2D eigenvalue weighted by Crippen LogP contribution is -1.94. The molecular weight excluding hydrogens is 252 g/mol. The molecule has 0 amide bonds. The molecule has 102 valence electrons. The molecule has 0 aliphatic carbocycles. The largest absolute Gasteiger partial charge is 0.478 e. The van der Waals surface area contributed by atoms with Gasteiger partial charge < -0.3 is 9.72 Å². The van der Waals surface area contributed by atoms with E-state index in [-0.39, 0.29) is 0 Å². The van der Waals surface area contributed by atoms with Crippen molar-refractivity contribution in [1.29, 1.82) is 0 Å². The standard InChI is InChI=1S/C15H16N4O/c1-2-20-14-8-6-12-15(19-14)18-13(17-12)7-5-11-4-3-9-16-10-11/h3-4,6,8-10H,2,5,7H2,1H3,(H,17,18,19). The van der Waals surface area contributed by atoms with Crippen LogP contribution in [0.4, 0.5) is 0 Å². The number of fused-ring (bicyclic) bond motifs is 1. The fourth-order valence-electron chi connectivity index (χ4n) is 2.08. The third-order valence-corrected chi connectivity index (χ3v) is 3.03. The minimum atomic E-state index is 0.608. The Bertz CT molecular complexity index is 693. The molecule has 0 unspecified atom stereocenters. The van der Waals surface area contributed by atoms with E-state index in [1.54, 1.807) is 6.20 Å². The molecule has 0 saturated heterocycles. The Labute approximate surface area is 117 Å². The number of aromatic nitrogens is 4. The quantitative estimate of drug-likeness (QED) is 0.772. The Morgan fingerprint density at radius 2 is 2.10 bits per heavy atom. The maximum Gasteiger partial charge on any atom is 0.215 e. The van der Waals surface area contributed by atoms with Crippen LogP contribution in [0, 0.1) is 0 Å². The number of rotatable bonds is 5. The van der Waals surface area contributed by atoms with Crippen molar-refractivity contribution in [2.75, 3.05) is 6.61 Å². The van der Waals surface area contributed by atoms with Gasteiger partial charge in [-0.2, -0.15) is 4.98 Å². The first-order chi connectivity index (χ1) is 9.85. The highest BCUT2D eigenvalue weighted by Gasteiger charge is 2.06. The maximum atomic E-state index is 5.38. The minimum absolute atomic E-state index is 0.608. The number of imidazole rings is 1. The van der Waals surface area contributed by atoms with E-state index in [9.17, 15) is 0 Å². The molecule has 0 radical (unpaired) electrons. The number of pyridine rings is 2. The van der Waals surface area contributed by atoms with Gasteiger partial charge in [-0.3, -0.25) is 4.98 Å². The number of H-pyrrole nitrogens is 1. The van der Waals surface area contributed by atoms with Crippen molar-refractivity contribution in [2.45, 2.75) is 19.8 Å². The molecule has 0 saturated carbocycles. The monoisotopic (exact) mass is 268 g/mol. The zero-order chi connectivity index (χ0) is 13.8. The Balaban J connectivity index is 1.75. The molecule has 5 heteroatoms. The Hall–Kier alpha value is -2.43. The molecule has 0 bridgehead atoms. The summed E-state index contributed by atoms with van der Waals surface area (Å²) in [6, 6.07) is 7.83. The van der Waals surface area contributed by atoms with Gasteiger partial charge in [0.1, 0.15) is 5.82 Å². The third kappa shape index (κ3) is 2.77. The summed E-state index contributed by atoms with van der Waals surface area (Å²) in [4.78, 5) is 16.3. The number of hydrogen-bond donors (Lipinski definition) is 1. The van der Waals surface area contributed by atoms with Crippen LogP contribution < -0.4 is 4.74 Å². The molecular formula is C15H16N4O. The lowest BCUT2D eigenvalue weighted by molar-refractivity contribution is 0.328. The molecule has 20 heavy (non-hydrogen) atoms. The zero-order valence-corrected chi connectivity index (χ0v) is 11.3. The number of aromatic amines is 1. The summed E-state index contributed by atoms with van der Waals surface area (Å²) in [5.74, 6) is 1.55. The zero-order valence-electron chi connectivity index (χ0n) is 11.3. The summed E-state index contributed by atoms with van der Waals surface area (Å²) >= 11 is 0. The highest BCUT2D eigenvalue weighted by Crippen LogP contribution is 2.15. The molecule has 5 nitrogen and oxygen atoms in total. The summed E-state index contributed by atoms with van der Waals surface area (Å²) in [7, 11) is 0. The second-order valence-electron chi connectivity index (χ2n) is 4.50. The number of ether oxygens (including phenoxy) is 1. The molecule has 0 spiro atoms. The van der Waals surface area contributed by atoms with Gasteiger partial charge in [-0.15, -0.1) is 0 Å². The van der Waals surface area contributed by atoms with Crippen LogP contribution in [-0.4, -0.2) is 26.5 Å². The highest BCUT2D eigenvalue weighted by molar-refractivity contribution is 5.71. The lowest BCUT2D eigenvalue weighted by Gasteiger charge is -1.99. The summed E-state index contributed by atoms with van der Waals surface area (Å²) in [6.07, 6.45) is 5.41. The van der Waals surface area contributed by atoms with E-state index in [1.807, 2.05) is 31.3 Å². The van der Waals surface area contributed by atoms with E-state index >= 15 is 0 Å². The van der Waals surface area contributed by atoms with Gasteiger partial charge in [0.15, 0.2) is 5.65 Å². The lowest BCUT2D eigenvalue weighted by atomic mass is 10.1. The first-order valence-electron chi connectivity index (χ1n) is 6.72. The number of nitrogens with one attached hydrogen (secondary N) is 1. The predicted octanol–water partition coefficient (Wildman–Crippen LogP) is 2.54. The average Bonchev–Trinajstić information content (AvgIpc) is 2.89. The van der Waals surface area contributed by atoms with E-state index in [4.69, 9.17) is 4.74 Å². The molecule has 0 aromatic carbocycles. The molecule has 3 rings (SSSR count). The minimum Gasteiger partial charge on any atom is -0.478 e. The Kier molecular flexibility index (Phi) is 3.58. The van der Waals surface area contributed by atoms with E-state index in [1.165, 1.54) is 5.56 Å². The summed E-state index contributed by atoms with van der Waals surface area (Å²) < 4.78 is 5.38. The van der Waals surface area contributed by atoms with Crippen LogP contribution in [0.2, 0.25) is 0 Å².